The number of nitrogens with one attached hydrogen (secondary N) is 1. The van der Waals surface area contributed by atoms with Crippen LogP contribution in [0.4, 0.5) is 11.4 Å². The van der Waals surface area contributed by atoms with E-state index in [0.717, 1.165) is 18.8 Å². The topological polar surface area (TPSA) is 90.7 Å². The number of carbonyl (C=O) groups is 1. The molecule has 1 aliphatic heterocycles. The lowest BCUT2D eigenvalue weighted by molar-refractivity contribution is 0.102. The zero-order valence-corrected chi connectivity index (χ0v) is 17.8. The van der Waals surface area contributed by atoms with Crippen LogP contribution in [-0.2, 0) is 4.74 Å². The molecule has 9 nitrogen and oxygen atoms in total. The Hall–Kier alpha value is -3.59. The fourth-order valence-corrected chi connectivity index (χ4v) is 3.52. The molecule has 4 rings (SSSR count). The van der Waals surface area contributed by atoms with Crippen molar-refractivity contribution in [2.24, 2.45) is 0 Å². The predicted molar refractivity (Wildman–Crippen MR) is 117 cm³/mol. The third-order valence-corrected chi connectivity index (χ3v) is 5.20. The smallest absolute Gasteiger partial charge is 0.278 e. The van der Waals surface area contributed by atoms with Gasteiger partial charge in [-0.15, -0.1) is 5.10 Å². The molecule has 1 N–H and O–H groups in total. The number of hydrogen-bond donors (Lipinski definition) is 1. The molecule has 0 spiro atoms. The van der Waals surface area contributed by atoms with E-state index >= 15 is 0 Å². The molecule has 9 heteroatoms. The van der Waals surface area contributed by atoms with Gasteiger partial charge < -0.3 is 24.4 Å². The normalized spacial score (nSPS) is 13.7. The van der Waals surface area contributed by atoms with Gasteiger partial charge >= 0.3 is 0 Å². The maximum Gasteiger partial charge on any atom is 0.278 e. The van der Waals surface area contributed by atoms with Gasteiger partial charge in [0, 0.05) is 30.5 Å². The van der Waals surface area contributed by atoms with Crippen LogP contribution in [0.3, 0.4) is 0 Å². The van der Waals surface area contributed by atoms with Gasteiger partial charge in [0.25, 0.3) is 5.91 Å². The largest absolute Gasteiger partial charge is 0.497 e. The van der Waals surface area contributed by atoms with Gasteiger partial charge in [-0.2, -0.15) is 0 Å². The van der Waals surface area contributed by atoms with E-state index in [2.05, 4.69) is 20.5 Å². The average molecular weight is 423 g/mol. The molecule has 162 valence electrons. The Kier molecular flexibility index (Phi) is 6.03. The van der Waals surface area contributed by atoms with Crippen LogP contribution in [0, 0.1) is 6.92 Å². The number of nitrogens with zero attached hydrogens (tertiary/aromatic N) is 4. The quantitative estimate of drug-likeness (QED) is 0.652. The van der Waals surface area contributed by atoms with Crippen molar-refractivity contribution in [3.8, 4) is 17.2 Å². The van der Waals surface area contributed by atoms with E-state index < -0.39 is 0 Å². The number of benzene rings is 2. The van der Waals surface area contributed by atoms with E-state index in [4.69, 9.17) is 14.2 Å². The van der Waals surface area contributed by atoms with Crippen LogP contribution in [-0.4, -0.2) is 61.4 Å². The summed E-state index contributed by atoms with van der Waals surface area (Å²) in [5, 5.41) is 11.2. The molecular weight excluding hydrogens is 398 g/mol. The van der Waals surface area contributed by atoms with E-state index in [0.29, 0.717) is 41.8 Å². The Balaban J connectivity index is 1.57. The van der Waals surface area contributed by atoms with Crippen molar-refractivity contribution >= 4 is 17.3 Å². The summed E-state index contributed by atoms with van der Waals surface area (Å²) in [6.45, 7) is 4.84. The molecule has 31 heavy (non-hydrogen) atoms. The van der Waals surface area contributed by atoms with Crippen molar-refractivity contribution in [2.45, 2.75) is 6.92 Å². The van der Waals surface area contributed by atoms with Gasteiger partial charge in [-0.25, -0.2) is 4.68 Å². The summed E-state index contributed by atoms with van der Waals surface area (Å²) in [7, 11) is 3.16. The Morgan fingerprint density at radius 2 is 1.90 bits per heavy atom. The lowest BCUT2D eigenvalue weighted by Gasteiger charge is -2.29. The molecule has 1 aliphatic rings. The summed E-state index contributed by atoms with van der Waals surface area (Å²) in [5.74, 6) is 0.917. The van der Waals surface area contributed by atoms with E-state index in [-0.39, 0.29) is 11.6 Å². The number of aromatic nitrogens is 3. The van der Waals surface area contributed by atoms with Gasteiger partial charge in [-0.1, -0.05) is 11.3 Å². The standard InChI is InChI=1S/C22H25N5O4/c1-15-21(24-25-27(15)19-14-18(29-2)7-8-20(19)30-3)22(28)23-16-5-4-6-17(13-16)26-9-11-31-12-10-26/h4-8,13-14H,9-12H2,1-3H3,(H,23,28). The molecule has 1 amide bonds. The highest BCUT2D eigenvalue weighted by Gasteiger charge is 2.20. The second kappa shape index (κ2) is 9.05. The maximum atomic E-state index is 12.9. The van der Waals surface area contributed by atoms with Crippen molar-refractivity contribution in [1.29, 1.82) is 0 Å². The second-order valence-corrected chi connectivity index (χ2v) is 7.08. The molecule has 0 saturated carbocycles. The summed E-state index contributed by atoms with van der Waals surface area (Å²) in [6, 6.07) is 13.1. The van der Waals surface area contributed by atoms with E-state index in [1.165, 1.54) is 0 Å². The monoisotopic (exact) mass is 423 g/mol. The number of amides is 1. The summed E-state index contributed by atoms with van der Waals surface area (Å²) in [6.07, 6.45) is 0. The Morgan fingerprint density at radius 3 is 2.65 bits per heavy atom. The van der Waals surface area contributed by atoms with Gasteiger partial charge in [0.1, 0.15) is 17.2 Å². The summed E-state index contributed by atoms with van der Waals surface area (Å²) in [4.78, 5) is 15.2. The van der Waals surface area contributed by atoms with Crippen molar-refractivity contribution in [3.05, 3.63) is 53.9 Å². The molecular formula is C22H25N5O4. The summed E-state index contributed by atoms with van der Waals surface area (Å²) in [5.41, 5.74) is 3.21. The Bertz CT molecular complexity index is 1080. The predicted octanol–water partition coefficient (Wildman–Crippen LogP) is 2.68. The number of rotatable bonds is 6. The van der Waals surface area contributed by atoms with Crippen LogP contribution in [0.25, 0.3) is 5.69 Å². The number of anilines is 2. The van der Waals surface area contributed by atoms with Crippen molar-refractivity contribution in [2.75, 3.05) is 50.7 Å². The van der Waals surface area contributed by atoms with Crippen molar-refractivity contribution in [1.82, 2.24) is 15.0 Å². The fourth-order valence-electron chi connectivity index (χ4n) is 3.52. The molecule has 0 bridgehead atoms. The first-order chi connectivity index (χ1) is 15.1. The Labute approximate surface area is 180 Å². The van der Waals surface area contributed by atoms with Gasteiger partial charge in [-0.3, -0.25) is 4.79 Å². The highest BCUT2D eigenvalue weighted by Crippen LogP contribution is 2.28. The third-order valence-electron chi connectivity index (χ3n) is 5.20. The van der Waals surface area contributed by atoms with E-state index in [9.17, 15) is 4.79 Å². The third kappa shape index (κ3) is 4.31. The number of carbonyl (C=O) groups excluding carboxylic acids is 1. The summed E-state index contributed by atoms with van der Waals surface area (Å²) >= 11 is 0. The highest BCUT2D eigenvalue weighted by molar-refractivity contribution is 6.03. The van der Waals surface area contributed by atoms with Crippen LogP contribution < -0.4 is 19.7 Å². The van der Waals surface area contributed by atoms with Crippen LogP contribution >= 0.6 is 0 Å². The summed E-state index contributed by atoms with van der Waals surface area (Å²) < 4.78 is 17.7. The van der Waals surface area contributed by atoms with Crippen LogP contribution in [0.2, 0.25) is 0 Å². The molecule has 1 fully saturated rings. The first-order valence-corrected chi connectivity index (χ1v) is 9.99. The van der Waals surface area contributed by atoms with E-state index in [1.54, 1.807) is 44.0 Å². The zero-order valence-electron chi connectivity index (χ0n) is 17.8. The Morgan fingerprint density at radius 1 is 1.10 bits per heavy atom. The molecule has 1 saturated heterocycles. The van der Waals surface area contributed by atoms with Crippen LogP contribution in [0.5, 0.6) is 11.5 Å². The molecule has 1 aromatic heterocycles. The molecule has 0 radical (unpaired) electrons. The lowest BCUT2D eigenvalue weighted by atomic mass is 10.2. The first kappa shape index (κ1) is 20.7. The first-order valence-electron chi connectivity index (χ1n) is 9.99. The fraction of sp³-hybridized carbons (Fsp3) is 0.318. The lowest BCUT2D eigenvalue weighted by Crippen LogP contribution is -2.36. The minimum absolute atomic E-state index is 0.238. The molecule has 0 unspecified atom stereocenters. The molecule has 3 aromatic rings. The van der Waals surface area contributed by atoms with Gasteiger partial charge in [0.05, 0.1) is 33.1 Å². The SMILES string of the molecule is COc1ccc(OC)c(-n2nnc(C(=O)Nc3cccc(N4CCOCC4)c3)c2C)c1. The van der Waals surface area contributed by atoms with Crippen LogP contribution in [0.15, 0.2) is 42.5 Å². The number of hydrogen-bond acceptors (Lipinski definition) is 7. The minimum Gasteiger partial charge on any atom is -0.497 e. The van der Waals surface area contributed by atoms with Gasteiger partial charge in [-0.05, 0) is 37.3 Å². The zero-order chi connectivity index (χ0) is 21.8. The minimum atomic E-state index is -0.329. The van der Waals surface area contributed by atoms with E-state index in [1.807, 2.05) is 24.3 Å². The molecule has 2 heterocycles. The molecule has 2 aromatic carbocycles. The van der Waals surface area contributed by atoms with Crippen molar-refractivity contribution < 1.29 is 19.0 Å². The maximum absolute atomic E-state index is 12.9. The average Bonchev–Trinajstić information content (AvgIpc) is 3.20. The molecule has 0 atom stereocenters. The number of ether oxygens (including phenoxy) is 3. The van der Waals surface area contributed by atoms with Gasteiger partial charge in [0.15, 0.2) is 5.69 Å². The number of morpholine rings is 1. The highest BCUT2D eigenvalue weighted by atomic mass is 16.5. The van der Waals surface area contributed by atoms with Gasteiger partial charge in [0.2, 0.25) is 0 Å². The van der Waals surface area contributed by atoms with Crippen molar-refractivity contribution in [3.63, 3.8) is 0 Å². The van der Waals surface area contributed by atoms with Crippen LogP contribution in [0.1, 0.15) is 16.2 Å². The second-order valence-electron chi connectivity index (χ2n) is 7.08. The molecule has 0 aliphatic carbocycles. The number of methoxy groups -OCH3 is 2.